The molecule has 21 heavy (non-hydrogen) atoms. The van der Waals surface area contributed by atoms with Gasteiger partial charge in [-0.1, -0.05) is 36.4 Å². The summed E-state index contributed by atoms with van der Waals surface area (Å²) in [4.78, 5) is 11.2. The molecule has 0 spiro atoms. The first kappa shape index (κ1) is 13.8. The van der Waals surface area contributed by atoms with Crippen LogP contribution >= 0.6 is 0 Å². The summed E-state index contributed by atoms with van der Waals surface area (Å²) < 4.78 is 0. The SMILES string of the molecule is NC(=O)c1cccc(CN[C@@H]2c3ccccc3C[C@@H]2O)c1. The molecule has 2 aromatic carbocycles. The Morgan fingerprint density at radius 1 is 1.24 bits per heavy atom. The van der Waals surface area contributed by atoms with Crippen LogP contribution in [0, 0.1) is 0 Å². The van der Waals surface area contributed by atoms with Crippen LogP contribution < -0.4 is 11.1 Å². The van der Waals surface area contributed by atoms with Gasteiger partial charge in [0.25, 0.3) is 0 Å². The Labute approximate surface area is 123 Å². The van der Waals surface area contributed by atoms with Gasteiger partial charge in [-0.05, 0) is 28.8 Å². The van der Waals surface area contributed by atoms with E-state index < -0.39 is 12.0 Å². The minimum absolute atomic E-state index is 0.0709. The monoisotopic (exact) mass is 282 g/mol. The van der Waals surface area contributed by atoms with Crippen LogP contribution in [0.3, 0.4) is 0 Å². The van der Waals surface area contributed by atoms with Crippen molar-refractivity contribution in [3.05, 3.63) is 70.8 Å². The first-order valence-corrected chi connectivity index (χ1v) is 7.03. The molecule has 0 unspecified atom stereocenters. The van der Waals surface area contributed by atoms with Gasteiger partial charge in [-0.2, -0.15) is 0 Å². The topological polar surface area (TPSA) is 75.4 Å². The van der Waals surface area contributed by atoms with Gasteiger partial charge >= 0.3 is 0 Å². The molecule has 4 heteroatoms. The summed E-state index contributed by atoms with van der Waals surface area (Å²) >= 11 is 0. The van der Waals surface area contributed by atoms with Crippen LogP contribution in [0.4, 0.5) is 0 Å². The van der Waals surface area contributed by atoms with E-state index in [-0.39, 0.29) is 6.04 Å². The standard InChI is InChI=1S/C17H18N2O2/c18-17(21)13-6-3-4-11(8-13)10-19-16-14-7-2-1-5-12(14)9-15(16)20/h1-8,15-16,19-20H,9-10H2,(H2,18,21)/t15-,16+/m0/s1. The van der Waals surface area contributed by atoms with Crippen LogP contribution in [0.5, 0.6) is 0 Å². The van der Waals surface area contributed by atoms with Crippen LogP contribution in [0.1, 0.15) is 33.1 Å². The number of primary amides is 1. The van der Waals surface area contributed by atoms with Crippen molar-refractivity contribution in [2.75, 3.05) is 0 Å². The number of carbonyl (C=O) groups is 1. The van der Waals surface area contributed by atoms with Gasteiger partial charge in [0, 0.05) is 18.5 Å². The number of nitrogens with one attached hydrogen (secondary N) is 1. The van der Waals surface area contributed by atoms with Crippen LogP contribution in [-0.2, 0) is 13.0 Å². The zero-order valence-corrected chi connectivity index (χ0v) is 11.6. The number of rotatable bonds is 4. The summed E-state index contributed by atoms with van der Waals surface area (Å²) in [5.41, 5.74) is 9.10. The Balaban J connectivity index is 1.73. The lowest BCUT2D eigenvalue weighted by molar-refractivity contribution is 0.1000. The third kappa shape index (κ3) is 2.82. The van der Waals surface area contributed by atoms with Crippen molar-refractivity contribution in [3.8, 4) is 0 Å². The van der Waals surface area contributed by atoms with Gasteiger partial charge in [0.05, 0.1) is 12.1 Å². The van der Waals surface area contributed by atoms with Crippen LogP contribution in [0.15, 0.2) is 48.5 Å². The Morgan fingerprint density at radius 2 is 2.05 bits per heavy atom. The number of carbonyl (C=O) groups excluding carboxylic acids is 1. The number of hydrogen-bond donors (Lipinski definition) is 3. The Kier molecular flexibility index (Phi) is 3.73. The second kappa shape index (κ2) is 5.68. The molecule has 1 amide bonds. The van der Waals surface area contributed by atoms with E-state index in [9.17, 15) is 9.90 Å². The molecule has 4 N–H and O–H groups in total. The molecule has 0 aromatic heterocycles. The van der Waals surface area contributed by atoms with Crippen molar-refractivity contribution in [2.45, 2.75) is 25.1 Å². The number of fused-ring (bicyclic) bond motifs is 1. The second-order valence-corrected chi connectivity index (χ2v) is 5.39. The first-order valence-electron chi connectivity index (χ1n) is 7.03. The predicted molar refractivity (Wildman–Crippen MR) is 80.7 cm³/mol. The molecule has 2 atom stereocenters. The molecule has 1 aliphatic rings. The smallest absolute Gasteiger partial charge is 0.248 e. The van der Waals surface area contributed by atoms with Gasteiger partial charge in [0.15, 0.2) is 0 Å². The Bertz CT molecular complexity index is 669. The molecule has 108 valence electrons. The van der Waals surface area contributed by atoms with Gasteiger partial charge in [-0.3, -0.25) is 4.79 Å². The number of benzene rings is 2. The zero-order valence-electron chi connectivity index (χ0n) is 11.6. The molecule has 0 radical (unpaired) electrons. The highest BCUT2D eigenvalue weighted by Crippen LogP contribution is 2.31. The number of hydrogen-bond acceptors (Lipinski definition) is 3. The summed E-state index contributed by atoms with van der Waals surface area (Å²) in [7, 11) is 0. The normalized spacial score (nSPS) is 20.2. The molecule has 0 aliphatic heterocycles. The summed E-state index contributed by atoms with van der Waals surface area (Å²) in [6.45, 7) is 0.581. The van der Waals surface area contributed by atoms with Crippen molar-refractivity contribution in [1.29, 1.82) is 0 Å². The van der Waals surface area contributed by atoms with E-state index in [2.05, 4.69) is 5.32 Å². The minimum Gasteiger partial charge on any atom is -0.391 e. The summed E-state index contributed by atoms with van der Waals surface area (Å²) in [6.07, 6.45) is 0.261. The van der Waals surface area contributed by atoms with Gasteiger partial charge in [0.2, 0.25) is 5.91 Å². The third-order valence-electron chi connectivity index (χ3n) is 3.94. The van der Waals surface area contributed by atoms with Crippen molar-refractivity contribution < 1.29 is 9.90 Å². The number of aliphatic hydroxyl groups excluding tert-OH is 1. The lowest BCUT2D eigenvalue weighted by atomic mass is 10.1. The van der Waals surface area contributed by atoms with E-state index in [4.69, 9.17) is 5.73 Å². The summed E-state index contributed by atoms with van der Waals surface area (Å²) in [6, 6.07) is 15.2. The average molecular weight is 282 g/mol. The molecule has 0 bridgehead atoms. The highest BCUT2D eigenvalue weighted by molar-refractivity contribution is 5.92. The maximum Gasteiger partial charge on any atom is 0.248 e. The zero-order chi connectivity index (χ0) is 14.8. The molecule has 4 nitrogen and oxygen atoms in total. The maximum absolute atomic E-state index is 11.2. The van der Waals surface area contributed by atoms with E-state index in [0.717, 1.165) is 11.1 Å². The van der Waals surface area contributed by atoms with Gasteiger partial charge < -0.3 is 16.2 Å². The van der Waals surface area contributed by atoms with Crippen LogP contribution in [0.25, 0.3) is 0 Å². The molecule has 0 saturated heterocycles. The van der Waals surface area contributed by atoms with Gasteiger partial charge in [-0.25, -0.2) is 0 Å². The molecule has 0 saturated carbocycles. The average Bonchev–Trinajstić information content (AvgIpc) is 2.81. The van der Waals surface area contributed by atoms with E-state index in [1.165, 1.54) is 5.56 Å². The van der Waals surface area contributed by atoms with Crippen LogP contribution in [-0.4, -0.2) is 17.1 Å². The number of amides is 1. The van der Waals surface area contributed by atoms with E-state index in [1.807, 2.05) is 36.4 Å². The molecular weight excluding hydrogens is 264 g/mol. The highest BCUT2D eigenvalue weighted by atomic mass is 16.3. The molecule has 2 aromatic rings. The van der Waals surface area contributed by atoms with E-state index >= 15 is 0 Å². The number of aliphatic hydroxyl groups is 1. The molecule has 0 fully saturated rings. The predicted octanol–water partition coefficient (Wildman–Crippen LogP) is 1.53. The van der Waals surface area contributed by atoms with E-state index in [1.54, 1.807) is 12.1 Å². The van der Waals surface area contributed by atoms with Crippen LogP contribution in [0.2, 0.25) is 0 Å². The molecule has 1 aliphatic carbocycles. The molecule has 3 rings (SSSR count). The van der Waals surface area contributed by atoms with Crippen molar-refractivity contribution in [2.24, 2.45) is 5.73 Å². The lowest BCUT2D eigenvalue weighted by Crippen LogP contribution is -2.28. The fourth-order valence-electron chi connectivity index (χ4n) is 2.88. The Morgan fingerprint density at radius 3 is 2.86 bits per heavy atom. The van der Waals surface area contributed by atoms with E-state index in [0.29, 0.717) is 18.5 Å². The number of nitrogens with two attached hydrogens (primary N) is 1. The van der Waals surface area contributed by atoms with Crippen molar-refractivity contribution in [1.82, 2.24) is 5.32 Å². The molecule has 0 heterocycles. The van der Waals surface area contributed by atoms with Gasteiger partial charge in [0.1, 0.15) is 0 Å². The molecular formula is C17H18N2O2. The maximum atomic E-state index is 11.2. The van der Waals surface area contributed by atoms with Crippen molar-refractivity contribution >= 4 is 5.91 Å². The fraction of sp³-hybridized carbons (Fsp3) is 0.235. The second-order valence-electron chi connectivity index (χ2n) is 5.39. The first-order chi connectivity index (χ1) is 10.1. The summed E-state index contributed by atoms with van der Waals surface area (Å²) in [5, 5.41) is 13.6. The highest BCUT2D eigenvalue weighted by Gasteiger charge is 2.29. The van der Waals surface area contributed by atoms with Crippen molar-refractivity contribution in [3.63, 3.8) is 0 Å². The Hall–Kier alpha value is -2.17. The largest absolute Gasteiger partial charge is 0.391 e. The fourth-order valence-corrected chi connectivity index (χ4v) is 2.88. The minimum atomic E-state index is -0.428. The third-order valence-corrected chi connectivity index (χ3v) is 3.94. The quantitative estimate of drug-likeness (QED) is 0.796. The summed E-state index contributed by atoms with van der Waals surface area (Å²) in [5.74, 6) is -0.428. The van der Waals surface area contributed by atoms with Gasteiger partial charge in [-0.15, -0.1) is 0 Å². The lowest BCUT2D eigenvalue weighted by Gasteiger charge is -2.18.